The summed E-state index contributed by atoms with van der Waals surface area (Å²) in [7, 11) is -8.01. The lowest BCUT2D eigenvalue weighted by atomic mass is 10.2. The van der Waals surface area contributed by atoms with Crippen molar-refractivity contribution in [2.45, 2.75) is 11.8 Å². The Hall–Kier alpha value is -2.17. The first-order valence-electron chi connectivity index (χ1n) is 6.99. The van der Waals surface area contributed by atoms with E-state index in [0.717, 1.165) is 24.5 Å². The van der Waals surface area contributed by atoms with Crippen molar-refractivity contribution in [1.82, 2.24) is 4.72 Å². The molecule has 0 fully saturated rings. The maximum atomic E-state index is 14.0. The summed E-state index contributed by atoms with van der Waals surface area (Å²) in [5.41, 5.74) is -0.166. The topological polar surface area (TPSA) is 109 Å². The van der Waals surface area contributed by atoms with Crippen LogP contribution in [0.5, 0.6) is 0 Å². The number of benzene rings is 2. The molecule has 2 rings (SSSR count). The summed E-state index contributed by atoms with van der Waals surface area (Å²) in [6.45, 7) is 1.64. The zero-order chi connectivity index (χ0) is 19.7. The Morgan fingerprint density at radius 2 is 1.73 bits per heavy atom. The van der Waals surface area contributed by atoms with Crippen LogP contribution in [0.2, 0.25) is 5.02 Å². The van der Waals surface area contributed by atoms with Crippen molar-refractivity contribution >= 4 is 43.2 Å². The third-order valence-corrected chi connectivity index (χ3v) is 5.20. The molecule has 0 aliphatic heterocycles. The van der Waals surface area contributed by atoms with Gasteiger partial charge in [-0.25, -0.2) is 25.9 Å². The van der Waals surface area contributed by atoms with E-state index >= 15 is 0 Å². The summed E-state index contributed by atoms with van der Waals surface area (Å²) >= 11 is 5.84. The Kier molecular flexibility index (Phi) is 5.59. The first kappa shape index (κ1) is 20.1. The van der Waals surface area contributed by atoms with Crippen molar-refractivity contribution in [3.63, 3.8) is 0 Å². The number of halogens is 2. The standard InChI is InChI=1S/C15H14ClFN2O5S2/c1-9-5-11(16)8-12(6-9)26(23,24)18-14-7-10(3-4-13(14)17)15(20)19-25(2,21)22/h3-8,18H,1-2H3,(H,19,20). The van der Waals surface area contributed by atoms with Crippen molar-refractivity contribution in [1.29, 1.82) is 0 Å². The third kappa shape index (κ3) is 5.16. The molecule has 0 bridgehead atoms. The minimum atomic E-state index is -4.18. The molecule has 26 heavy (non-hydrogen) atoms. The van der Waals surface area contributed by atoms with E-state index in [1.807, 2.05) is 4.72 Å². The van der Waals surface area contributed by atoms with Crippen LogP contribution < -0.4 is 9.44 Å². The van der Waals surface area contributed by atoms with Crippen LogP contribution in [0.1, 0.15) is 15.9 Å². The van der Waals surface area contributed by atoms with Crippen molar-refractivity contribution in [3.05, 3.63) is 58.4 Å². The van der Waals surface area contributed by atoms with Gasteiger partial charge < -0.3 is 0 Å². The predicted octanol–water partition coefficient (Wildman–Crippen LogP) is 2.28. The molecule has 0 radical (unpaired) electrons. The van der Waals surface area contributed by atoms with Gasteiger partial charge in [0.2, 0.25) is 10.0 Å². The monoisotopic (exact) mass is 420 g/mol. The van der Waals surface area contributed by atoms with Crippen LogP contribution in [0.15, 0.2) is 41.3 Å². The molecule has 1 amide bonds. The van der Waals surface area contributed by atoms with Crippen LogP contribution in [0.25, 0.3) is 0 Å². The first-order valence-corrected chi connectivity index (χ1v) is 10.7. The van der Waals surface area contributed by atoms with Gasteiger partial charge in [-0.1, -0.05) is 11.6 Å². The van der Waals surface area contributed by atoms with Gasteiger partial charge in [0.05, 0.1) is 16.8 Å². The molecule has 2 N–H and O–H groups in total. The van der Waals surface area contributed by atoms with Gasteiger partial charge in [0, 0.05) is 10.6 Å². The van der Waals surface area contributed by atoms with Gasteiger partial charge in [-0.2, -0.15) is 0 Å². The summed E-state index contributed by atoms with van der Waals surface area (Å²) in [5, 5.41) is 0.187. The van der Waals surface area contributed by atoms with E-state index in [0.29, 0.717) is 5.56 Å². The molecule has 0 aliphatic rings. The van der Waals surface area contributed by atoms with Gasteiger partial charge in [0.25, 0.3) is 15.9 Å². The molecule has 2 aromatic rings. The molecule has 0 heterocycles. The van der Waals surface area contributed by atoms with Crippen molar-refractivity contribution < 1.29 is 26.0 Å². The smallest absolute Gasteiger partial charge is 0.264 e. The Labute approximate surface area is 155 Å². The van der Waals surface area contributed by atoms with Crippen molar-refractivity contribution in [3.8, 4) is 0 Å². The van der Waals surface area contributed by atoms with E-state index in [1.165, 1.54) is 12.1 Å². The summed E-state index contributed by atoms with van der Waals surface area (Å²) in [4.78, 5) is 11.7. The fourth-order valence-corrected chi connectivity index (χ4v) is 4.03. The number of aryl methyl sites for hydroxylation is 1. The number of rotatable bonds is 5. The van der Waals surface area contributed by atoms with Crippen molar-refractivity contribution in [2.24, 2.45) is 0 Å². The zero-order valence-electron chi connectivity index (χ0n) is 13.6. The quantitative estimate of drug-likeness (QED) is 0.771. The second-order valence-corrected chi connectivity index (χ2v) is 9.34. The van der Waals surface area contributed by atoms with Crippen LogP contribution in [-0.4, -0.2) is 29.0 Å². The normalized spacial score (nSPS) is 11.8. The molecule has 0 unspecified atom stereocenters. The van der Waals surface area contributed by atoms with Gasteiger partial charge in [0.15, 0.2) is 0 Å². The predicted molar refractivity (Wildman–Crippen MR) is 95.7 cm³/mol. The second-order valence-electron chi connectivity index (χ2n) is 5.47. The highest BCUT2D eigenvalue weighted by Crippen LogP contribution is 2.23. The zero-order valence-corrected chi connectivity index (χ0v) is 16.0. The molecule has 0 aromatic heterocycles. The molecule has 2 aromatic carbocycles. The SMILES string of the molecule is Cc1cc(Cl)cc(S(=O)(=O)Nc2cc(C(=O)NS(C)(=O)=O)ccc2F)c1. The lowest BCUT2D eigenvalue weighted by Crippen LogP contribution is -2.29. The summed E-state index contributed by atoms with van der Waals surface area (Å²) in [5.74, 6) is -1.96. The molecular formula is C15H14ClFN2O5S2. The Balaban J connectivity index is 2.39. The minimum absolute atomic E-state index is 0.187. The van der Waals surface area contributed by atoms with E-state index in [1.54, 1.807) is 17.7 Å². The lowest BCUT2D eigenvalue weighted by Gasteiger charge is -2.11. The first-order chi connectivity index (χ1) is 11.9. The van der Waals surface area contributed by atoms with Crippen LogP contribution in [0, 0.1) is 12.7 Å². The van der Waals surface area contributed by atoms with Crippen LogP contribution >= 0.6 is 11.6 Å². The minimum Gasteiger partial charge on any atom is -0.277 e. The van der Waals surface area contributed by atoms with Gasteiger partial charge in [-0.15, -0.1) is 0 Å². The molecule has 0 saturated heterocycles. The highest BCUT2D eigenvalue weighted by Gasteiger charge is 2.19. The molecule has 11 heteroatoms. The fourth-order valence-electron chi connectivity index (χ4n) is 2.03. The van der Waals surface area contributed by atoms with E-state index < -0.39 is 37.5 Å². The van der Waals surface area contributed by atoms with Gasteiger partial charge in [0.1, 0.15) is 5.82 Å². The van der Waals surface area contributed by atoms with Gasteiger partial charge >= 0.3 is 0 Å². The van der Waals surface area contributed by atoms with E-state index in [9.17, 15) is 26.0 Å². The summed E-state index contributed by atoms with van der Waals surface area (Å²) in [6.07, 6.45) is 0.777. The maximum absolute atomic E-state index is 14.0. The van der Waals surface area contributed by atoms with Gasteiger partial charge in [-0.3, -0.25) is 9.52 Å². The van der Waals surface area contributed by atoms with Crippen LogP contribution in [-0.2, 0) is 20.0 Å². The van der Waals surface area contributed by atoms with E-state index in [4.69, 9.17) is 11.6 Å². The molecule has 0 spiro atoms. The summed E-state index contributed by atoms with van der Waals surface area (Å²) in [6, 6.07) is 6.85. The number of anilines is 1. The number of nitrogens with one attached hydrogen (secondary N) is 2. The molecular weight excluding hydrogens is 407 g/mol. The number of sulfonamides is 2. The van der Waals surface area contributed by atoms with E-state index in [-0.39, 0.29) is 15.5 Å². The Morgan fingerprint density at radius 3 is 2.31 bits per heavy atom. The molecule has 7 nitrogen and oxygen atoms in total. The van der Waals surface area contributed by atoms with Crippen molar-refractivity contribution in [2.75, 3.05) is 11.0 Å². The number of amides is 1. The summed E-state index contributed by atoms with van der Waals surface area (Å²) < 4.78 is 64.8. The van der Waals surface area contributed by atoms with Gasteiger partial charge in [-0.05, 0) is 48.9 Å². The number of carbonyl (C=O) groups excluding carboxylic acids is 1. The molecule has 140 valence electrons. The second kappa shape index (κ2) is 7.22. The Morgan fingerprint density at radius 1 is 1.08 bits per heavy atom. The third-order valence-electron chi connectivity index (χ3n) is 3.08. The van der Waals surface area contributed by atoms with Crippen LogP contribution in [0.4, 0.5) is 10.1 Å². The largest absolute Gasteiger partial charge is 0.277 e. The molecule has 0 saturated carbocycles. The maximum Gasteiger partial charge on any atom is 0.264 e. The lowest BCUT2D eigenvalue weighted by molar-refractivity contribution is 0.0981. The van der Waals surface area contributed by atoms with Crippen LogP contribution in [0.3, 0.4) is 0 Å². The fraction of sp³-hybridized carbons (Fsp3) is 0.133. The number of hydrogen-bond acceptors (Lipinski definition) is 5. The average Bonchev–Trinajstić information content (AvgIpc) is 2.46. The van der Waals surface area contributed by atoms with E-state index in [2.05, 4.69) is 0 Å². The highest BCUT2D eigenvalue weighted by atomic mass is 35.5. The molecule has 0 aliphatic carbocycles. The Bertz CT molecular complexity index is 1060. The highest BCUT2D eigenvalue weighted by molar-refractivity contribution is 7.92. The number of hydrogen-bond donors (Lipinski definition) is 2. The average molecular weight is 421 g/mol. The number of carbonyl (C=O) groups is 1. The molecule has 0 atom stereocenters.